The number of nitrogens with one attached hydrogen (secondary N) is 1. The number of amides is 1. The number of methoxy groups -OCH3 is 1. The van der Waals surface area contributed by atoms with Crippen LogP contribution >= 0.6 is 0 Å². The molecular formula is C28H43NO5. The third kappa shape index (κ3) is 5.18. The minimum absolute atomic E-state index is 0.0833. The molecule has 6 nitrogen and oxygen atoms in total. The van der Waals surface area contributed by atoms with Crippen LogP contribution in [0.25, 0.3) is 0 Å². The predicted molar refractivity (Wildman–Crippen MR) is 133 cm³/mol. The van der Waals surface area contributed by atoms with Crippen LogP contribution in [0.4, 0.5) is 0 Å². The average Bonchev–Trinajstić information content (AvgIpc) is 3.45. The minimum Gasteiger partial charge on any atom is -0.481 e. The Balaban J connectivity index is 1.87. The van der Waals surface area contributed by atoms with Crippen molar-refractivity contribution in [3.8, 4) is 0 Å². The molecule has 6 heteroatoms. The van der Waals surface area contributed by atoms with Crippen molar-refractivity contribution in [1.29, 1.82) is 0 Å². The van der Waals surface area contributed by atoms with Crippen molar-refractivity contribution in [3.63, 3.8) is 0 Å². The number of carbonyl (C=O) groups excluding carboxylic acids is 1. The van der Waals surface area contributed by atoms with Gasteiger partial charge in [0.05, 0.1) is 23.0 Å². The molecule has 0 heterocycles. The van der Waals surface area contributed by atoms with E-state index in [2.05, 4.69) is 17.4 Å². The topological polar surface area (TPSA) is 95.9 Å². The quantitative estimate of drug-likeness (QED) is 0.449. The highest BCUT2D eigenvalue weighted by atomic mass is 16.5. The molecule has 3 rings (SSSR count). The fourth-order valence-corrected chi connectivity index (χ4v) is 6.43. The summed E-state index contributed by atoms with van der Waals surface area (Å²) >= 11 is 0. The fourth-order valence-electron chi connectivity index (χ4n) is 6.43. The highest BCUT2D eigenvalue weighted by Crippen LogP contribution is 2.55. The molecule has 2 saturated carbocycles. The maximum absolute atomic E-state index is 14.0. The van der Waals surface area contributed by atoms with Gasteiger partial charge in [0.1, 0.15) is 0 Å². The van der Waals surface area contributed by atoms with E-state index in [1.807, 2.05) is 39.0 Å². The summed E-state index contributed by atoms with van der Waals surface area (Å²) < 4.78 is 5.30. The normalized spacial score (nSPS) is 26.2. The van der Waals surface area contributed by atoms with E-state index in [-0.39, 0.29) is 18.9 Å². The van der Waals surface area contributed by atoms with Gasteiger partial charge in [-0.15, -0.1) is 0 Å². The average molecular weight is 474 g/mol. The summed E-state index contributed by atoms with van der Waals surface area (Å²) in [6.07, 6.45) is 6.16. The third-order valence-electron chi connectivity index (χ3n) is 8.82. The number of aliphatic hydroxyl groups excluding tert-OH is 1. The molecule has 2 aliphatic rings. The zero-order chi connectivity index (χ0) is 25.0. The number of hydrogen-bond acceptors (Lipinski definition) is 4. The second kappa shape index (κ2) is 10.4. The fraction of sp³-hybridized carbons (Fsp3) is 0.714. The van der Waals surface area contributed by atoms with Gasteiger partial charge in [-0.3, -0.25) is 9.59 Å². The summed E-state index contributed by atoms with van der Waals surface area (Å²) in [5.74, 6) is -0.652. The van der Waals surface area contributed by atoms with Crippen LogP contribution in [-0.4, -0.2) is 48.0 Å². The van der Waals surface area contributed by atoms with Crippen LogP contribution in [0, 0.1) is 16.2 Å². The molecule has 0 bridgehead atoms. The number of rotatable bonds is 10. The lowest BCUT2D eigenvalue weighted by molar-refractivity contribution is -0.164. The van der Waals surface area contributed by atoms with Crippen LogP contribution in [0.1, 0.15) is 90.0 Å². The number of carboxylic acid groups (broad SMARTS) is 1. The second-order valence-corrected chi connectivity index (χ2v) is 11.8. The Bertz CT molecular complexity index is 842. The lowest BCUT2D eigenvalue weighted by Gasteiger charge is -2.47. The molecular weight excluding hydrogens is 430 g/mol. The van der Waals surface area contributed by atoms with Gasteiger partial charge in [0.15, 0.2) is 0 Å². The number of aliphatic hydroxyl groups is 1. The summed E-state index contributed by atoms with van der Waals surface area (Å²) in [4.78, 5) is 26.7. The molecule has 2 aliphatic carbocycles. The lowest BCUT2D eigenvalue weighted by atomic mass is 9.57. The Morgan fingerprint density at radius 1 is 1.12 bits per heavy atom. The largest absolute Gasteiger partial charge is 0.481 e. The van der Waals surface area contributed by atoms with E-state index < -0.39 is 27.8 Å². The predicted octanol–water partition coefficient (Wildman–Crippen LogP) is 4.91. The van der Waals surface area contributed by atoms with Crippen molar-refractivity contribution in [2.24, 2.45) is 16.2 Å². The number of aliphatic carboxylic acids is 1. The Hall–Kier alpha value is -1.92. The first kappa shape index (κ1) is 26.7. The van der Waals surface area contributed by atoms with Crippen molar-refractivity contribution in [3.05, 3.63) is 35.9 Å². The van der Waals surface area contributed by atoms with E-state index in [0.29, 0.717) is 38.2 Å². The number of carboxylic acids is 1. The second-order valence-electron chi connectivity index (χ2n) is 11.8. The molecule has 0 aliphatic heterocycles. The smallest absolute Gasteiger partial charge is 0.310 e. The first-order valence-electron chi connectivity index (χ1n) is 12.7. The molecule has 0 spiro atoms. The van der Waals surface area contributed by atoms with Crippen molar-refractivity contribution in [1.82, 2.24) is 5.32 Å². The Kier molecular flexibility index (Phi) is 8.14. The van der Waals surface area contributed by atoms with Gasteiger partial charge in [-0.25, -0.2) is 0 Å². The van der Waals surface area contributed by atoms with E-state index in [1.165, 1.54) is 5.56 Å². The molecule has 1 aromatic carbocycles. The SMILES string of the molecule is COCCC(CC1(C(=O)NC2(CO)CCC(c3ccccc3)C2)CCCC1)(C(=O)O)C(C)(C)C. The third-order valence-corrected chi connectivity index (χ3v) is 8.82. The van der Waals surface area contributed by atoms with Crippen LogP contribution in [0.5, 0.6) is 0 Å². The molecule has 2 fully saturated rings. The zero-order valence-electron chi connectivity index (χ0n) is 21.4. The molecule has 3 atom stereocenters. The van der Waals surface area contributed by atoms with Gasteiger partial charge < -0.3 is 20.3 Å². The summed E-state index contributed by atoms with van der Waals surface area (Å²) in [6, 6.07) is 10.3. The standard InChI is InChI=1S/C28H43NO5/c1-25(2,3)28(24(32)33,16-17-34-4)19-26(13-8-9-14-26)23(31)29-27(20-30)15-12-22(18-27)21-10-6-5-7-11-21/h5-7,10-11,22,30H,8-9,12-20H2,1-4H3,(H,29,31)(H,32,33). The number of hydrogen-bond donors (Lipinski definition) is 3. The molecule has 1 amide bonds. The number of ether oxygens (including phenoxy) is 1. The van der Waals surface area contributed by atoms with Crippen LogP contribution in [0.2, 0.25) is 0 Å². The molecule has 0 radical (unpaired) electrons. The Morgan fingerprint density at radius 2 is 1.76 bits per heavy atom. The summed E-state index contributed by atoms with van der Waals surface area (Å²) in [5, 5.41) is 24.1. The van der Waals surface area contributed by atoms with E-state index in [4.69, 9.17) is 4.74 Å². The van der Waals surface area contributed by atoms with Gasteiger partial charge in [-0.1, -0.05) is 63.9 Å². The highest BCUT2D eigenvalue weighted by Gasteiger charge is 2.57. The zero-order valence-corrected chi connectivity index (χ0v) is 21.4. The molecule has 190 valence electrons. The van der Waals surface area contributed by atoms with E-state index in [0.717, 1.165) is 25.7 Å². The molecule has 3 unspecified atom stereocenters. The summed E-state index contributed by atoms with van der Waals surface area (Å²) in [6.45, 7) is 6.09. The molecule has 0 saturated heterocycles. The maximum atomic E-state index is 14.0. The van der Waals surface area contributed by atoms with Gasteiger partial charge in [-0.2, -0.15) is 0 Å². The van der Waals surface area contributed by atoms with Crippen molar-refractivity contribution in [2.45, 2.75) is 90.0 Å². The molecule has 34 heavy (non-hydrogen) atoms. The maximum Gasteiger partial charge on any atom is 0.310 e. The van der Waals surface area contributed by atoms with Gasteiger partial charge >= 0.3 is 5.97 Å². The number of benzene rings is 1. The summed E-state index contributed by atoms with van der Waals surface area (Å²) in [7, 11) is 1.58. The molecule has 1 aromatic rings. The van der Waals surface area contributed by atoms with Crippen LogP contribution in [-0.2, 0) is 14.3 Å². The number of carbonyl (C=O) groups is 2. The molecule has 3 N–H and O–H groups in total. The molecule has 0 aromatic heterocycles. The van der Waals surface area contributed by atoms with E-state index in [9.17, 15) is 19.8 Å². The minimum atomic E-state index is -1.08. The highest BCUT2D eigenvalue weighted by molar-refractivity contribution is 5.85. The monoisotopic (exact) mass is 473 g/mol. The van der Waals surface area contributed by atoms with Crippen molar-refractivity contribution >= 4 is 11.9 Å². The van der Waals surface area contributed by atoms with Gasteiger partial charge in [0.2, 0.25) is 5.91 Å². The first-order chi connectivity index (χ1) is 16.0. The van der Waals surface area contributed by atoms with Crippen LogP contribution in [0.15, 0.2) is 30.3 Å². The van der Waals surface area contributed by atoms with Gasteiger partial charge in [0, 0.05) is 13.7 Å². The van der Waals surface area contributed by atoms with E-state index in [1.54, 1.807) is 7.11 Å². The Labute approximate surface area is 204 Å². The van der Waals surface area contributed by atoms with Crippen LogP contribution in [0.3, 0.4) is 0 Å². The van der Waals surface area contributed by atoms with Crippen molar-refractivity contribution < 1.29 is 24.5 Å². The van der Waals surface area contributed by atoms with Gasteiger partial charge in [-0.05, 0) is 61.8 Å². The van der Waals surface area contributed by atoms with E-state index >= 15 is 0 Å². The van der Waals surface area contributed by atoms with Gasteiger partial charge in [0.25, 0.3) is 0 Å². The Morgan fingerprint density at radius 3 is 2.29 bits per heavy atom. The summed E-state index contributed by atoms with van der Waals surface area (Å²) in [5.41, 5.74) is -1.80. The lowest BCUT2D eigenvalue weighted by Crippen LogP contribution is -2.57. The first-order valence-corrected chi connectivity index (χ1v) is 12.7. The van der Waals surface area contributed by atoms with Crippen LogP contribution < -0.4 is 5.32 Å². The van der Waals surface area contributed by atoms with Crippen molar-refractivity contribution in [2.75, 3.05) is 20.3 Å².